The third kappa shape index (κ3) is 5.04. The van der Waals surface area contributed by atoms with Crippen LogP contribution in [0.5, 0.6) is 17.2 Å². The van der Waals surface area contributed by atoms with Gasteiger partial charge in [0.25, 0.3) is 5.91 Å². The number of nitrogens with one attached hydrogen (secondary N) is 1. The van der Waals surface area contributed by atoms with Gasteiger partial charge in [-0.15, -0.1) is 0 Å². The predicted molar refractivity (Wildman–Crippen MR) is 101 cm³/mol. The molecule has 0 saturated carbocycles. The second kappa shape index (κ2) is 9.14. The van der Waals surface area contributed by atoms with Crippen molar-refractivity contribution in [3.63, 3.8) is 0 Å². The first kappa shape index (κ1) is 20.4. The van der Waals surface area contributed by atoms with Crippen molar-refractivity contribution in [1.82, 2.24) is 0 Å². The van der Waals surface area contributed by atoms with Gasteiger partial charge in [0.05, 0.1) is 32.6 Å². The summed E-state index contributed by atoms with van der Waals surface area (Å²) in [6.07, 6.45) is -1.05. The van der Waals surface area contributed by atoms with Crippen LogP contribution in [0.2, 0.25) is 5.02 Å². The first-order valence-corrected chi connectivity index (χ1v) is 8.34. The van der Waals surface area contributed by atoms with Gasteiger partial charge in [0.1, 0.15) is 5.75 Å². The third-order valence-electron chi connectivity index (χ3n) is 3.69. The summed E-state index contributed by atoms with van der Waals surface area (Å²) in [5.74, 6) is 0.104. The average Bonchev–Trinajstić information content (AvgIpc) is 2.67. The molecule has 2 rings (SSSR count). The molecule has 0 bridgehead atoms. The first-order valence-electron chi connectivity index (χ1n) is 7.97. The number of benzene rings is 2. The van der Waals surface area contributed by atoms with Gasteiger partial charge in [-0.05, 0) is 43.3 Å². The molecule has 0 fully saturated rings. The van der Waals surface area contributed by atoms with E-state index >= 15 is 0 Å². The maximum absolute atomic E-state index is 12.4. The van der Waals surface area contributed by atoms with E-state index < -0.39 is 18.0 Å². The molecule has 0 spiro atoms. The van der Waals surface area contributed by atoms with Crippen LogP contribution in [0.1, 0.15) is 17.3 Å². The lowest BCUT2D eigenvalue weighted by Gasteiger charge is -2.16. The number of halogens is 1. The second-order valence-electron chi connectivity index (χ2n) is 5.45. The highest BCUT2D eigenvalue weighted by Gasteiger charge is 2.21. The van der Waals surface area contributed by atoms with E-state index in [1.54, 1.807) is 24.3 Å². The number of hydrogen-bond donors (Lipinski definition) is 1. The Kier molecular flexibility index (Phi) is 6.90. The minimum absolute atomic E-state index is 0.229. The summed E-state index contributed by atoms with van der Waals surface area (Å²) >= 11 is 5.94. The lowest BCUT2D eigenvalue weighted by molar-refractivity contribution is -0.123. The number of amides is 1. The van der Waals surface area contributed by atoms with Gasteiger partial charge in [0.2, 0.25) is 0 Å². The highest BCUT2D eigenvalue weighted by atomic mass is 35.5. The van der Waals surface area contributed by atoms with Gasteiger partial charge < -0.3 is 24.3 Å². The summed E-state index contributed by atoms with van der Waals surface area (Å²) in [7, 11) is 4.42. The lowest BCUT2D eigenvalue weighted by atomic mass is 10.2. The van der Waals surface area contributed by atoms with Crippen molar-refractivity contribution in [2.75, 3.05) is 26.6 Å². The number of carbonyl (C=O) groups is 2. The zero-order valence-corrected chi connectivity index (χ0v) is 16.1. The third-order valence-corrected chi connectivity index (χ3v) is 3.93. The summed E-state index contributed by atoms with van der Waals surface area (Å²) in [6.45, 7) is 1.46. The number of esters is 1. The Morgan fingerprint density at radius 3 is 2.19 bits per heavy atom. The van der Waals surface area contributed by atoms with E-state index in [0.717, 1.165) is 0 Å². The Bertz CT molecular complexity index is 839. The van der Waals surface area contributed by atoms with Gasteiger partial charge in [0, 0.05) is 5.02 Å². The van der Waals surface area contributed by atoms with Gasteiger partial charge in [-0.3, -0.25) is 4.79 Å². The minimum atomic E-state index is -1.05. The molecule has 1 N–H and O–H groups in total. The molecule has 2 aromatic carbocycles. The number of anilines is 1. The molecule has 1 atom stereocenters. The van der Waals surface area contributed by atoms with Crippen LogP contribution in [0.3, 0.4) is 0 Å². The van der Waals surface area contributed by atoms with Gasteiger partial charge in [-0.2, -0.15) is 0 Å². The number of hydrogen-bond acceptors (Lipinski definition) is 6. The number of methoxy groups -OCH3 is 3. The Labute approximate surface area is 162 Å². The van der Waals surface area contributed by atoms with Crippen LogP contribution in [0, 0.1) is 0 Å². The van der Waals surface area contributed by atoms with Crippen LogP contribution in [-0.2, 0) is 9.53 Å². The van der Waals surface area contributed by atoms with E-state index in [1.807, 2.05) is 0 Å². The van der Waals surface area contributed by atoms with Gasteiger partial charge in [-0.1, -0.05) is 11.6 Å². The highest BCUT2D eigenvalue weighted by Crippen LogP contribution is 2.29. The Balaban J connectivity index is 2.08. The lowest BCUT2D eigenvalue weighted by Crippen LogP contribution is -2.30. The summed E-state index contributed by atoms with van der Waals surface area (Å²) in [6, 6.07) is 9.38. The van der Waals surface area contributed by atoms with Crippen molar-refractivity contribution in [3.05, 3.63) is 47.0 Å². The SMILES string of the molecule is COc1ccc(Cl)cc1NC(=O)C(C)OC(=O)c1ccc(OC)c(OC)c1. The summed E-state index contributed by atoms with van der Waals surface area (Å²) in [5, 5.41) is 3.06. The van der Waals surface area contributed by atoms with E-state index in [9.17, 15) is 9.59 Å². The zero-order valence-electron chi connectivity index (χ0n) is 15.4. The molecule has 27 heavy (non-hydrogen) atoms. The fraction of sp³-hybridized carbons (Fsp3) is 0.263. The average molecular weight is 394 g/mol. The van der Waals surface area contributed by atoms with E-state index in [2.05, 4.69) is 5.32 Å². The van der Waals surface area contributed by atoms with Gasteiger partial charge in [-0.25, -0.2) is 4.79 Å². The molecule has 0 radical (unpaired) electrons. The maximum atomic E-state index is 12.4. The molecule has 0 saturated heterocycles. The molecule has 0 aliphatic rings. The largest absolute Gasteiger partial charge is 0.495 e. The minimum Gasteiger partial charge on any atom is -0.495 e. The van der Waals surface area contributed by atoms with E-state index in [-0.39, 0.29) is 5.56 Å². The fourth-order valence-electron chi connectivity index (χ4n) is 2.26. The van der Waals surface area contributed by atoms with Crippen LogP contribution >= 0.6 is 11.6 Å². The Morgan fingerprint density at radius 2 is 1.56 bits per heavy atom. The van der Waals surface area contributed by atoms with E-state index in [4.69, 9.17) is 30.5 Å². The Morgan fingerprint density at radius 1 is 0.926 bits per heavy atom. The molecular formula is C19H20ClNO6. The number of carbonyl (C=O) groups excluding carboxylic acids is 2. The predicted octanol–water partition coefficient (Wildman–Crippen LogP) is 3.55. The molecule has 1 amide bonds. The van der Waals surface area contributed by atoms with Crippen LogP contribution in [-0.4, -0.2) is 39.3 Å². The van der Waals surface area contributed by atoms with Gasteiger partial charge >= 0.3 is 5.97 Å². The molecule has 0 heterocycles. The standard InChI is InChI=1S/C19H20ClNO6/c1-11(18(22)21-14-10-13(20)6-8-15(14)24-2)27-19(23)12-5-7-16(25-3)17(9-12)26-4/h5-11H,1-4H3,(H,21,22). The normalized spacial score (nSPS) is 11.3. The van der Waals surface area contributed by atoms with Gasteiger partial charge in [0.15, 0.2) is 17.6 Å². The first-order chi connectivity index (χ1) is 12.9. The number of rotatable bonds is 7. The molecular weight excluding hydrogens is 374 g/mol. The molecule has 1 unspecified atom stereocenters. The quantitative estimate of drug-likeness (QED) is 0.724. The molecule has 7 nitrogen and oxygen atoms in total. The maximum Gasteiger partial charge on any atom is 0.339 e. The fourth-order valence-corrected chi connectivity index (χ4v) is 2.43. The van der Waals surface area contributed by atoms with Crippen molar-refractivity contribution >= 4 is 29.2 Å². The molecule has 0 aromatic heterocycles. The van der Waals surface area contributed by atoms with Crippen LogP contribution < -0.4 is 19.5 Å². The topological polar surface area (TPSA) is 83.1 Å². The van der Waals surface area contributed by atoms with Crippen molar-refractivity contribution < 1.29 is 28.5 Å². The van der Waals surface area contributed by atoms with Crippen molar-refractivity contribution in [3.8, 4) is 17.2 Å². The highest BCUT2D eigenvalue weighted by molar-refractivity contribution is 6.31. The van der Waals surface area contributed by atoms with Crippen molar-refractivity contribution in [1.29, 1.82) is 0 Å². The van der Waals surface area contributed by atoms with Crippen LogP contribution in [0.15, 0.2) is 36.4 Å². The number of ether oxygens (including phenoxy) is 4. The summed E-state index contributed by atoms with van der Waals surface area (Å²) in [4.78, 5) is 24.7. The second-order valence-corrected chi connectivity index (χ2v) is 5.89. The van der Waals surface area contributed by atoms with Crippen LogP contribution in [0.4, 0.5) is 5.69 Å². The molecule has 144 valence electrons. The van der Waals surface area contributed by atoms with E-state index in [0.29, 0.717) is 28.0 Å². The molecule has 8 heteroatoms. The monoisotopic (exact) mass is 393 g/mol. The smallest absolute Gasteiger partial charge is 0.339 e. The van der Waals surface area contributed by atoms with Crippen molar-refractivity contribution in [2.45, 2.75) is 13.0 Å². The summed E-state index contributed by atoms with van der Waals surface area (Å²) in [5.41, 5.74) is 0.608. The summed E-state index contributed by atoms with van der Waals surface area (Å²) < 4.78 is 20.7. The molecule has 2 aromatic rings. The van der Waals surface area contributed by atoms with Crippen LogP contribution in [0.25, 0.3) is 0 Å². The molecule has 0 aliphatic heterocycles. The Hall–Kier alpha value is -2.93. The zero-order chi connectivity index (χ0) is 20.0. The van der Waals surface area contributed by atoms with Crippen molar-refractivity contribution in [2.24, 2.45) is 0 Å². The van der Waals surface area contributed by atoms with E-state index in [1.165, 1.54) is 40.4 Å². The molecule has 0 aliphatic carbocycles.